The van der Waals surface area contributed by atoms with Crippen LogP contribution in [0.25, 0.3) is 10.2 Å². The number of likely N-dealkylation sites (N-methyl/N-ethyl adjacent to an activating group) is 1. The SMILES string of the molecule is COc1ccc(S(=O)(=O)Nc2ccc(C(=O)N(CCN(C)C)c3nc4c(C)cc(Cl)cc4s3)cc2)cc1. The van der Waals surface area contributed by atoms with Gasteiger partial charge in [0.25, 0.3) is 15.9 Å². The highest BCUT2D eigenvalue weighted by Crippen LogP contribution is 2.33. The van der Waals surface area contributed by atoms with Crippen LogP contribution in [0.5, 0.6) is 5.75 Å². The zero-order valence-corrected chi connectivity index (χ0v) is 23.2. The molecule has 0 aliphatic rings. The van der Waals surface area contributed by atoms with Gasteiger partial charge in [-0.1, -0.05) is 22.9 Å². The Hall–Kier alpha value is -3.18. The lowest BCUT2D eigenvalue weighted by Crippen LogP contribution is -2.36. The summed E-state index contributed by atoms with van der Waals surface area (Å²) in [5, 5.41) is 1.20. The number of nitrogens with zero attached hydrogens (tertiary/aromatic N) is 3. The molecular weight excluding hydrogens is 532 g/mol. The molecule has 37 heavy (non-hydrogen) atoms. The number of hydrogen-bond acceptors (Lipinski definition) is 7. The van der Waals surface area contributed by atoms with Crippen molar-refractivity contribution in [3.05, 3.63) is 76.8 Å². The number of ether oxygens (including phenoxy) is 1. The third-order valence-electron chi connectivity index (χ3n) is 5.64. The Morgan fingerprint density at radius 1 is 1.05 bits per heavy atom. The van der Waals surface area contributed by atoms with Crippen molar-refractivity contribution in [1.29, 1.82) is 0 Å². The van der Waals surface area contributed by atoms with Crippen LogP contribution in [0.4, 0.5) is 10.8 Å². The normalized spacial score (nSPS) is 11.6. The molecule has 4 aromatic rings. The van der Waals surface area contributed by atoms with Crippen molar-refractivity contribution in [2.24, 2.45) is 0 Å². The Morgan fingerprint density at radius 3 is 2.35 bits per heavy atom. The van der Waals surface area contributed by atoms with Crippen molar-refractivity contribution >= 4 is 59.9 Å². The van der Waals surface area contributed by atoms with E-state index in [1.807, 2.05) is 38.1 Å². The van der Waals surface area contributed by atoms with Gasteiger partial charge >= 0.3 is 0 Å². The van der Waals surface area contributed by atoms with Gasteiger partial charge in [0.05, 0.1) is 22.2 Å². The number of aryl methyl sites for hydroxylation is 1. The van der Waals surface area contributed by atoms with Crippen LogP contribution in [-0.4, -0.2) is 58.5 Å². The van der Waals surface area contributed by atoms with Gasteiger partial charge in [-0.15, -0.1) is 0 Å². The van der Waals surface area contributed by atoms with Gasteiger partial charge in [-0.2, -0.15) is 0 Å². The third kappa shape index (κ3) is 6.22. The molecule has 1 N–H and O–H groups in total. The fourth-order valence-corrected chi connectivity index (χ4v) is 6.15. The van der Waals surface area contributed by atoms with E-state index in [0.29, 0.717) is 40.2 Å². The first kappa shape index (κ1) is 26.9. The molecule has 0 aliphatic heterocycles. The van der Waals surface area contributed by atoms with Crippen LogP contribution in [0.3, 0.4) is 0 Å². The Kier molecular flexibility index (Phi) is 8.03. The number of halogens is 1. The molecule has 0 radical (unpaired) electrons. The zero-order valence-electron chi connectivity index (χ0n) is 20.9. The van der Waals surface area contributed by atoms with Crippen molar-refractivity contribution in [2.75, 3.05) is 43.9 Å². The van der Waals surface area contributed by atoms with Gasteiger partial charge in [-0.05, 0) is 87.2 Å². The van der Waals surface area contributed by atoms with Crippen LogP contribution >= 0.6 is 22.9 Å². The Labute approximate surface area is 225 Å². The largest absolute Gasteiger partial charge is 0.497 e. The first-order valence-electron chi connectivity index (χ1n) is 11.4. The summed E-state index contributed by atoms with van der Waals surface area (Å²) < 4.78 is 34.0. The van der Waals surface area contributed by atoms with Crippen molar-refractivity contribution in [3.8, 4) is 5.75 Å². The molecule has 0 bridgehead atoms. The van der Waals surface area contributed by atoms with Crippen LogP contribution in [0, 0.1) is 6.92 Å². The highest BCUT2D eigenvalue weighted by Gasteiger charge is 2.22. The number of thiazole rings is 1. The van der Waals surface area contributed by atoms with Gasteiger partial charge in [0.15, 0.2) is 5.13 Å². The second-order valence-corrected chi connectivity index (χ2v) is 11.8. The monoisotopic (exact) mass is 558 g/mol. The molecule has 1 aromatic heterocycles. The predicted molar refractivity (Wildman–Crippen MR) is 150 cm³/mol. The average molecular weight is 559 g/mol. The molecule has 0 aliphatic carbocycles. The fourth-order valence-electron chi connectivity index (χ4n) is 3.65. The summed E-state index contributed by atoms with van der Waals surface area (Å²) in [7, 11) is 1.60. The summed E-state index contributed by atoms with van der Waals surface area (Å²) in [4.78, 5) is 22.0. The second-order valence-electron chi connectivity index (χ2n) is 8.68. The standard InChI is InChI=1S/C26H27ClN4O4S2/c1-17-15-19(27)16-23-24(17)28-26(36-23)31(14-13-30(2)3)25(32)18-5-7-20(8-6-18)29-37(33,34)22-11-9-21(35-4)10-12-22/h5-12,15-16,29H,13-14H2,1-4H3. The molecule has 4 rings (SSSR count). The first-order valence-corrected chi connectivity index (χ1v) is 14.1. The Balaban J connectivity index is 1.58. The van der Waals surface area contributed by atoms with E-state index in [1.54, 1.807) is 41.3 Å². The maximum Gasteiger partial charge on any atom is 0.261 e. The minimum absolute atomic E-state index is 0.106. The average Bonchev–Trinajstić information content (AvgIpc) is 3.28. The third-order valence-corrected chi connectivity index (χ3v) is 8.28. The van der Waals surface area contributed by atoms with Gasteiger partial charge in [0.2, 0.25) is 0 Å². The molecule has 0 spiro atoms. The molecule has 194 valence electrons. The lowest BCUT2D eigenvalue weighted by molar-refractivity contribution is 0.0985. The lowest BCUT2D eigenvalue weighted by atomic mass is 10.2. The predicted octanol–water partition coefficient (Wildman–Crippen LogP) is 5.28. The number of aromatic nitrogens is 1. The van der Waals surface area contributed by atoms with E-state index in [1.165, 1.54) is 30.6 Å². The van der Waals surface area contributed by atoms with Gasteiger partial charge in [-0.3, -0.25) is 14.4 Å². The fraction of sp³-hybridized carbons (Fsp3) is 0.231. The maximum absolute atomic E-state index is 13.6. The van der Waals surface area contributed by atoms with Crippen LogP contribution in [0.1, 0.15) is 15.9 Å². The lowest BCUT2D eigenvalue weighted by Gasteiger charge is -2.22. The topological polar surface area (TPSA) is 91.8 Å². The van der Waals surface area contributed by atoms with Gasteiger partial charge in [0.1, 0.15) is 5.75 Å². The van der Waals surface area contributed by atoms with E-state index in [4.69, 9.17) is 21.3 Å². The highest BCUT2D eigenvalue weighted by molar-refractivity contribution is 7.92. The number of benzene rings is 3. The number of hydrogen-bond donors (Lipinski definition) is 1. The van der Waals surface area contributed by atoms with E-state index in [-0.39, 0.29) is 10.8 Å². The number of methoxy groups -OCH3 is 1. The van der Waals surface area contributed by atoms with E-state index in [0.717, 1.165) is 15.8 Å². The van der Waals surface area contributed by atoms with Gasteiger partial charge < -0.3 is 9.64 Å². The minimum Gasteiger partial charge on any atom is -0.497 e. The van der Waals surface area contributed by atoms with Crippen LogP contribution < -0.4 is 14.4 Å². The molecule has 1 heterocycles. The number of fused-ring (bicyclic) bond motifs is 1. The molecule has 0 saturated carbocycles. The van der Waals surface area contributed by atoms with Crippen molar-refractivity contribution in [1.82, 2.24) is 9.88 Å². The molecule has 0 atom stereocenters. The van der Waals surface area contributed by atoms with Gasteiger partial charge in [0, 0.05) is 29.4 Å². The molecule has 3 aromatic carbocycles. The molecule has 0 unspecified atom stereocenters. The summed E-state index contributed by atoms with van der Waals surface area (Å²) >= 11 is 7.63. The molecule has 1 amide bonds. The minimum atomic E-state index is -3.80. The second kappa shape index (κ2) is 11.1. The summed E-state index contributed by atoms with van der Waals surface area (Å²) in [6.45, 7) is 3.01. The molecule has 0 fully saturated rings. The van der Waals surface area contributed by atoms with Crippen molar-refractivity contribution in [3.63, 3.8) is 0 Å². The van der Waals surface area contributed by atoms with Crippen LogP contribution in [0.2, 0.25) is 5.02 Å². The number of nitrogens with one attached hydrogen (secondary N) is 1. The first-order chi connectivity index (χ1) is 17.6. The summed E-state index contributed by atoms with van der Waals surface area (Å²) in [6, 6.07) is 16.1. The quantitative estimate of drug-likeness (QED) is 0.301. The number of anilines is 2. The zero-order chi connectivity index (χ0) is 26.7. The molecular formula is C26H27ClN4O4S2. The Morgan fingerprint density at radius 2 is 1.73 bits per heavy atom. The number of amides is 1. The smallest absolute Gasteiger partial charge is 0.261 e. The van der Waals surface area contributed by atoms with E-state index < -0.39 is 10.0 Å². The molecule has 0 saturated heterocycles. The van der Waals surface area contributed by atoms with Gasteiger partial charge in [-0.25, -0.2) is 13.4 Å². The number of carbonyl (C=O) groups is 1. The van der Waals surface area contributed by atoms with Crippen molar-refractivity contribution < 1.29 is 17.9 Å². The van der Waals surface area contributed by atoms with E-state index in [9.17, 15) is 13.2 Å². The van der Waals surface area contributed by atoms with Crippen molar-refractivity contribution in [2.45, 2.75) is 11.8 Å². The summed E-state index contributed by atoms with van der Waals surface area (Å²) in [5.74, 6) is 0.334. The highest BCUT2D eigenvalue weighted by atomic mass is 35.5. The number of sulfonamides is 1. The Bertz CT molecular complexity index is 1520. The number of rotatable bonds is 9. The van der Waals surface area contributed by atoms with Crippen LogP contribution in [0.15, 0.2) is 65.6 Å². The maximum atomic E-state index is 13.6. The molecule has 8 nitrogen and oxygen atoms in total. The van der Waals surface area contributed by atoms with Crippen LogP contribution in [-0.2, 0) is 10.0 Å². The van der Waals surface area contributed by atoms with E-state index in [2.05, 4.69) is 4.72 Å². The number of carbonyl (C=O) groups excluding carboxylic acids is 1. The van der Waals surface area contributed by atoms with E-state index >= 15 is 0 Å². The summed E-state index contributed by atoms with van der Waals surface area (Å²) in [6.07, 6.45) is 0. The molecule has 11 heteroatoms. The summed E-state index contributed by atoms with van der Waals surface area (Å²) in [5.41, 5.74) is 2.52.